The van der Waals surface area contributed by atoms with Crippen LogP contribution in [0.15, 0.2) is 28.4 Å². The smallest absolute Gasteiger partial charge is 0.0683 e. The van der Waals surface area contributed by atoms with E-state index in [9.17, 15) is 0 Å². The molecule has 0 radical (unpaired) electrons. The average Bonchev–Trinajstić information content (AvgIpc) is 2.58. The summed E-state index contributed by atoms with van der Waals surface area (Å²) < 4.78 is 0. The molecular formula is C13H17ClN2. The third-order valence-electron chi connectivity index (χ3n) is 2.60. The Hall–Kier alpha value is -1.28. The lowest BCUT2D eigenvalue weighted by Crippen LogP contribution is -1.81. The van der Waals surface area contributed by atoms with Crippen molar-refractivity contribution < 1.29 is 0 Å². The van der Waals surface area contributed by atoms with Crippen molar-refractivity contribution in [2.75, 3.05) is 0 Å². The molecule has 0 saturated heterocycles. The van der Waals surface area contributed by atoms with Crippen LogP contribution in [0.25, 0.3) is 6.08 Å². The largest absolute Gasteiger partial charge is 0.359 e. The van der Waals surface area contributed by atoms with Gasteiger partial charge in [0.25, 0.3) is 0 Å². The Kier molecular flexibility index (Phi) is 3.76. The molecule has 0 bridgehead atoms. The van der Waals surface area contributed by atoms with Crippen molar-refractivity contribution in [1.29, 1.82) is 0 Å². The lowest BCUT2D eigenvalue weighted by Gasteiger charge is -1.96. The number of H-pyrrole nitrogens is 1. The number of aryl methyl sites for hydroxylation is 2. The number of allylic oxidation sites excluding steroid dienone is 2. The third-order valence-corrected chi connectivity index (χ3v) is 2.60. The minimum atomic E-state index is 0. The summed E-state index contributed by atoms with van der Waals surface area (Å²) in [4.78, 5) is 7.81. The zero-order valence-electron chi connectivity index (χ0n) is 10.1. The van der Waals surface area contributed by atoms with Crippen LogP contribution >= 0.6 is 12.4 Å². The van der Waals surface area contributed by atoms with Gasteiger partial charge < -0.3 is 4.98 Å². The number of nitrogens with one attached hydrogen (secondary N) is 1. The topological polar surface area (TPSA) is 28.1 Å². The number of rotatable bonds is 1. The molecule has 1 N–H and O–H groups in total. The summed E-state index contributed by atoms with van der Waals surface area (Å²) in [6, 6.07) is 2.15. The van der Waals surface area contributed by atoms with E-state index >= 15 is 0 Å². The monoisotopic (exact) mass is 236 g/mol. The Morgan fingerprint density at radius 1 is 1.19 bits per heavy atom. The maximum absolute atomic E-state index is 4.48. The van der Waals surface area contributed by atoms with Crippen LogP contribution in [-0.4, -0.2) is 10.7 Å². The molecule has 1 aliphatic heterocycles. The standard InChI is InChI=1S/C13H16N2.ClH/c1-8-5-10(3)14-12(8)7-13-9(2)6-11(4)15-13;/h5-7,14H,1-4H3;1H. The highest BCUT2D eigenvalue weighted by molar-refractivity contribution is 5.98. The van der Waals surface area contributed by atoms with Crippen molar-refractivity contribution in [2.45, 2.75) is 27.7 Å². The molecule has 0 amide bonds. The van der Waals surface area contributed by atoms with Gasteiger partial charge in [-0.15, -0.1) is 12.4 Å². The second-order valence-corrected chi connectivity index (χ2v) is 4.16. The Balaban J connectivity index is 0.00000128. The molecular weight excluding hydrogens is 220 g/mol. The maximum Gasteiger partial charge on any atom is 0.0683 e. The van der Waals surface area contributed by atoms with E-state index in [-0.39, 0.29) is 12.4 Å². The van der Waals surface area contributed by atoms with Gasteiger partial charge in [-0.25, -0.2) is 0 Å². The molecule has 2 nitrogen and oxygen atoms in total. The Bertz CT molecular complexity index is 490. The highest BCUT2D eigenvalue weighted by atomic mass is 35.5. The van der Waals surface area contributed by atoms with Crippen LogP contribution in [0.3, 0.4) is 0 Å². The number of nitrogens with zero attached hydrogens (tertiary/aromatic N) is 1. The normalized spacial score (nSPS) is 17.1. The summed E-state index contributed by atoms with van der Waals surface area (Å²) >= 11 is 0. The first kappa shape index (κ1) is 12.8. The summed E-state index contributed by atoms with van der Waals surface area (Å²) in [7, 11) is 0. The van der Waals surface area contributed by atoms with Gasteiger partial charge in [0.2, 0.25) is 0 Å². The maximum atomic E-state index is 4.48. The quantitative estimate of drug-likeness (QED) is 0.768. The van der Waals surface area contributed by atoms with E-state index in [2.05, 4.69) is 49.0 Å². The number of hydrogen-bond donors (Lipinski definition) is 1. The average molecular weight is 237 g/mol. The van der Waals surface area contributed by atoms with Crippen LogP contribution < -0.4 is 0 Å². The Morgan fingerprint density at radius 2 is 1.88 bits per heavy atom. The van der Waals surface area contributed by atoms with Gasteiger partial charge in [-0.3, -0.25) is 4.99 Å². The minimum absolute atomic E-state index is 0. The summed E-state index contributed by atoms with van der Waals surface area (Å²) in [5.74, 6) is 0. The van der Waals surface area contributed by atoms with Gasteiger partial charge in [-0.2, -0.15) is 0 Å². The molecule has 1 aromatic heterocycles. The van der Waals surface area contributed by atoms with Gasteiger partial charge in [-0.1, -0.05) is 0 Å². The second kappa shape index (κ2) is 4.71. The van der Waals surface area contributed by atoms with Gasteiger partial charge in [0, 0.05) is 17.1 Å². The van der Waals surface area contributed by atoms with Crippen molar-refractivity contribution in [3.63, 3.8) is 0 Å². The number of hydrogen-bond acceptors (Lipinski definition) is 1. The SMILES string of the molecule is CC1=CC(C)=NC1=Cc1[nH]c(C)cc1C.Cl. The van der Waals surface area contributed by atoms with E-state index in [1.54, 1.807) is 0 Å². The Labute approximate surface area is 103 Å². The van der Waals surface area contributed by atoms with E-state index in [0.29, 0.717) is 0 Å². The van der Waals surface area contributed by atoms with E-state index in [4.69, 9.17) is 0 Å². The number of aromatic nitrogens is 1. The van der Waals surface area contributed by atoms with Crippen LogP contribution in [0.2, 0.25) is 0 Å². The fraction of sp³-hybridized carbons (Fsp3) is 0.308. The fourth-order valence-corrected chi connectivity index (χ4v) is 1.88. The first-order chi connectivity index (χ1) is 7.06. The summed E-state index contributed by atoms with van der Waals surface area (Å²) in [6.45, 7) is 8.30. The van der Waals surface area contributed by atoms with E-state index in [1.165, 1.54) is 16.8 Å². The van der Waals surface area contributed by atoms with Crippen LogP contribution in [0.1, 0.15) is 30.8 Å². The molecule has 86 valence electrons. The first-order valence-electron chi connectivity index (χ1n) is 5.18. The predicted octanol–water partition coefficient (Wildman–Crippen LogP) is 3.82. The zero-order chi connectivity index (χ0) is 11.0. The molecule has 1 aliphatic rings. The van der Waals surface area contributed by atoms with Gasteiger partial charge in [0.15, 0.2) is 0 Å². The van der Waals surface area contributed by atoms with Gasteiger partial charge in [-0.05, 0) is 57.0 Å². The molecule has 3 heteroatoms. The molecule has 2 heterocycles. The molecule has 16 heavy (non-hydrogen) atoms. The fourth-order valence-electron chi connectivity index (χ4n) is 1.88. The highest BCUT2D eigenvalue weighted by Crippen LogP contribution is 2.22. The molecule has 0 saturated carbocycles. The molecule has 0 unspecified atom stereocenters. The summed E-state index contributed by atoms with van der Waals surface area (Å²) in [5.41, 5.74) is 7.01. The Morgan fingerprint density at radius 3 is 2.31 bits per heavy atom. The molecule has 0 aliphatic carbocycles. The molecule has 0 atom stereocenters. The van der Waals surface area contributed by atoms with Crippen LogP contribution in [0, 0.1) is 13.8 Å². The molecule has 1 aromatic rings. The lowest BCUT2D eigenvalue weighted by molar-refractivity contribution is 1.23. The van der Waals surface area contributed by atoms with Crippen LogP contribution in [0.4, 0.5) is 0 Å². The van der Waals surface area contributed by atoms with Gasteiger partial charge in [0.05, 0.1) is 5.70 Å². The third kappa shape index (κ3) is 2.45. The second-order valence-electron chi connectivity index (χ2n) is 4.16. The minimum Gasteiger partial charge on any atom is -0.359 e. The molecule has 0 spiro atoms. The van der Waals surface area contributed by atoms with E-state index in [1.807, 2.05) is 6.92 Å². The van der Waals surface area contributed by atoms with E-state index < -0.39 is 0 Å². The lowest BCUT2D eigenvalue weighted by atomic mass is 10.1. The van der Waals surface area contributed by atoms with Crippen molar-refractivity contribution in [1.82, 2.24) is 4.98 Å². The number of halogens is 1. The molecule has 2 rings (SSSR count). The van der Waals surface area contributed by atoms with Crippen LogP contribution in [-0.2, 0) is 0 Å². The number of aliphatic imine (C=N–C) groups is 1. The summed E-state index contributed by atoms with van der Waals surface area (Å²) in [5, 5.41) is 0. The van der Waals surface area contributed by atoms with Crippen molar-refractivity contribution in [3.05, 3.63) is 40.4 Å². The summed E-state index contributed by atoms with van der Waals surface area (Å²) in [6.07, 6.45) is 4.22. The van der Waals surface area contributed by atoms with Crippen molar-refractivity contribution in [2.24, 2.45) is 4.99 Å². The predicted molar refractivity (Wildman–Crippen MR) is 72.4 cm³/mol. The highest BCUT2D eigenvalue weighted by Gasteiger charge is 2.08. The molecule has 0 aromatic carbocycles. The molecule has 0 fully saturated rings. The zero-order valence-corrected chi connectivity index (χ0v) is 10.9. The first-order valence-corrected chi connectivity index (χ1v) is 5.18. The van der Waals surface area contributed by atoms with Gasteiger partial charge >= 0.3 is 0 Å². The van der Waals surface area contributed by atoms with Crippen LogP contribution in [0.5, 0.6) is 0 Å². The van der Waals surface area contributed by atoms with Crippen molar-refractivity contribution in [3.8, 4) is 0 Å². The number of aromatic amines is 1. The van der Waals surface area contributed by atoms with Gasteiger partial charge in [0.1, 0.15) is 0 Å². The van der Waals surface area contributed by atoms with Crippen molar-refractivity contribution >= 4 is 24.2 Å². The van der Waals surface area contributed by atoms with E-state index in [0.717, 1.165) is 17.1 Å².